The molecule has 152 valence electrons. The number of rotatable bonds is 4. The Morgan fingerprint density at radius 3 is 2.48 bits per heavy atom. The van der Waals surface area contributed by atoms with Crippen LogP contribution in [-0.4, -0.2) is 20.9 Å². The second kappa shape index (κ2) is 6.59. The number of anilines is 2. The van der Waals surface area contributed by atoms with Crippen molar-refractivity contribution in [1.82, 2.24) is 9.78 Å². The number of hydrogen-bond acceptors (Lipinski definition) is 4. The molecule has 0 radical (unpaired) electrons. The molecule has 2 N–H and O–H groups in total. The van der Waals surface area contributed by atoms with Gasteiger partial charge in [-0.3, -0.25) is 9.59 Å². The standard InChI is InChI=1S/C22H24ClN3O3/c1-12-2-4-16(5-3-12)25-17-11-24-26(20(27)19(17)23)22-9-13-6-14(10-22)8-15(7-13)18(22)21(28)29/h2-5,11,13-15,18,25H,6-10H2,1H3,(H,28,29). The Morgan fingerprint density at radius 2 is 1.86 bits per heavy atom. The lowest BCUT2D eigenvalue weighted by Crippen LogP contribution is -2.63. The maximum atomic E-state index is 13.3. The lowest BCUT2D eigenvalue weighted by Gasteiger charge is -2.59. The van der Waals surface area contributed by atoms with E-state index in [0.717, 1.165) is 30.5 Å². The summed E-state index contributed by atoms with van der Waals surface area (Å²) in [5.74, 6) is -0.327. The average molecular weight is 414 g/mol. The number of carbonyl (C=O) groups is 1. The number of aryl methyl sites for hydroxylation is 1. The van der Waals surface area contributed by atoms with Crippen LogP contribution in [0.1, 0.15) is 37.7 Å². The third kappa shape index (κ3) is 2.88. The lowest BCUT2D eigenvalue weighted by molar-refractivity contribution is -0.168. The highest BCUT2D eigenvalue weighted by atomic mass is 35.5. The number of nitrogens with one attached hydrogen (secondary N) is 1. The zero-order valence-electron chi connectivity index (χ0n) is 16.3. The number of aliphatic carboxylic acids is 1. The Kier molecular flexibility index (Phi) is 4.24. The molecule has 4 aliphatic rings. The van der Waals surface area contributed by atoms with Gasteiger partial charge in [-0.05, 0) is 68.9 Å². The summed E-state index contributed by atoms with van der Waals surface area (Å²) in [5, 5.41) is 17.7. The molecule has 4 fully saturated rings. The van der Waals surface area contributed by atoms with Crippen molar-refractivity contribution in [2.75, 3.05) is 5.32 Å². The van der Waals surface area contributed by atoms with Crippen LogP contribution >= 0.6 is 11.6 Å². The minimum Gasteiger partial charge on any atom is -0.481 e. The highest BCUT2D eigenvalue weighted by Crippen LogP contribution is 2.61. The van der Waals surface area contributed by atoms with Crippen molar-refractivity contribution >= 4 is 28.9 Å². The summed E-state index contributed by atoms with van der Waals surface area (Å²) in [7, 11) is 0. The quantitative estimate of drug-likeness (QED) is 0.785. The van der Waals surface area contributed by atoms with Crippen LogP contribution in [0.2, 0.25) is 5.02 Å². The molecule has 4 bridgehead atoms. The highest BCUT2D eigenvalue weighted by Gasteiger charge is 2.61. The van der Waals surface area contributed by atoms with Crippen molar-refractivity contribution in [2.45, 2.75) is 44.6 Å². The molecule has 6 nitrogen and oxygen atoms in total. The molecule has 3 atom stereocenters. The van der Waals surface area contributed by atoms with Gasteiger partial charge in [0.1, 0.15) is 5.02 Å². The number of aromatic nitrogens is 2. The van der Waals surface area contributed by atoms with Gasteiger partial charge >= 0.3 is 5.97 Å². The Morgan fingerprint density at radius 1 is 1.21 bits per heavy atom. The van der Waals surface area contributed by atoms with E-state index in [1.807, 2.05) is 31.2 Å². The van der Waals surface area contributed by atoms with Gasteiger partial charge in [-0.1, -0.05) is 29.3 Å². The number of carboxylic acid groups (broad SMARTS) is 1. The van der Waals surface area contributed by atoms with Crippen LogP contribution in [0.5, 0.6) is 0 Å². The van der Waals surface area contributed by atoms with Crippen molar-refractivity contribution in [3.8, 4) is 0 Å². The van der Waals surface area contributed by atoms with Gasteiger partial charge in [0.15, 0.2) is 0 Å². The number of halogens is 1. The lowest BCUT2D eigenvalue weighted by atomic mass is 9.48. The SMILES string of the molecule is Cc1ccc(Nc2cnn(C34CC5CC(CC(C5)C3C(=O)O)C4)c(=O)c2Cl)cc1. The maximum Gasteiger partial charge on any atom is 0.309 e. The fraction of sp³-hybridized carbons (Fsp3) is 0.500. The topological polar surface area (TPSA) is 84.2 Å². The van der Waals surface area contributed by atoms with Gasteiger partial charge in [-0.15, -0.1) is 0 Å². The molecule has 1 heterocycles. The Labute approximate surface area is 173 Å². The second-order valence-corrected chi connectivity index (χ2v) is 9.49. The Balaban J connectivity index is 1.55. The molecule has 1 aromatic heterocycles. The number of nitrogens with zero attached hydrogens (tertiary/aromatic N) is 2. The molecule has 0 spiro atoms. The predicted octanol–water partition coefficient (Wildman–Crippen LogP) is 4.18. The monoisotopic (exact) mass is 413 g/mol. The molecule has 6 rings (SSSR count). The summed E-state index contributed by atoms with van der Waals surface area (Å²) in [6, 6.07) is 7.77. The van der Waals surface area contributed by atoms with Crippen LogP contribution in [0.3, 0.4) is 0 Å². The van der Waals surface area contributed by atoms with E-state index in [1.54, 1.807) is 6.20 Å². The first kappa shape index (κ1) is 18.7. The maximum absolute atomic E-state index is 13.3. The van der Waals surface area contributed by atoms with E-state index in [-0.39, 0.29) is 10.9 Å². The van der Waals surface area contributed by atoms with Gasteiger partial charge in [0.05, 0.1) is 23.3 Å². The normalized spacial score (nSPS) is 32.3. The molecule has 2 aromatic rings. The Hall–Kier alpha value is -2.34. The van der Waals surface area contributed by atoms with E-state index in [4.69, 9.17) is 11.6 Å². The zero-order chi connectivity index (χ0) is 20.3. The summed E-state index contributed by atoms with van der Waals surface area (Å²) in [5.41, 5.74) is 1.22. The molecule has 7 heteroatoms. The molecular formula is C22H24ClN3O3. The Bertz CT molecular complexity index is 1020. The largest absolute Gasteiger partial charge is 0.481 e. The predicted molar refractivity (Wildman–Crippen MR) is 111 cm³/mol. The average Bonchev–Trinajstić information content (AvgIpc) is 2.66. The van der Waals surface area contributed by atoms with Crippen LogP contribution in [0.15, 0.2) is 35.3 Å². The zero-order valence-corrected chi connectivity index (χ0v) is 17.0. The molecule has 4 saturated carbocycles. The third-order valence-electron chi connectivity index (χ3n) is 7.21. The van der Waals surface area contributed by atoms with Gasteiger partial charge in [0, 0.05) is 5.69 Å². The molecule has 3 unspecified atom stereocenters. The van der Waals surface area contributed by atoms with Crippen LogP contribution in [0.25, 0.3) is 0 Å². The summed E-state index contributed by atoms with van der Waals surface area (Å²) >= 11 is 6.46. The summed E-state index contributed by atoms with van der Waals surface area (Å²) in [6.45, 7) is 2.00. The second-order valence-electron chi connectivity index (χ2n) is 9.11. The number of carboxylic acids is 1. The van der Waals surface area contributed by atoms with Crippen LogP contribution in [0.4, 0.5) is 11.4 Å². The molecule has 1 aromatic carbocycles. The number of hydrogen-bond donors (Lipinski definition) is 2. The van der Waals surface area contributed by atoms with E-state index >= 15 is 0 Å². The highest BCUT2D eigenvalue weighted by molar-refractivity contribution is 6.33. The van der Waals surface area contributed by atoms with Crippen molar-refractivity contribution in [2.24, 2.45) is 23.7 Å². The van der Waals surface area contributed by atoms with E-state index in [1.165, 1.54) is 4.68 Å². The first-order valence-electron chi connectivity index (χ1n) is 10.2. The first-order valence-corrected chi connectivity index (χ1v) is 10.6. The fourth-order valence-electron chi connectivity index (χ4n) is 6.36. The molecule has 0 amide bonds. The summed E-state index contributed by atoms with van der Waals surface area (Å²) in [4.78, 5) is 25.5. The molecule has 0 aliphatic heterocycles. The van der Waals surface area contributed by atoms with Gasteiger partial charge in [-0.25, -0.2) is 4.68 Å². The van der Waals surface area contributed by atoms with Crippen LogP contribution in [-0.2, 0) is 10.3 Å². The van der Waals surface area contributed by atoms with Crippen molar-refractivity contribution < 1.29 is 9.90 Å². The minimum atomic E-state index is -0.819. The van der Waals surface area contributed by atoms with Gasteiger partial charge in [0.2, 0.25) is 0 Å². The van der Waals surface area contributed by atoms with Gasteiger partial charge < -0.3 is 10.4 Å². The fourth-order valence-corrected chi connectivity index (χ4v) is 6.54. The summed E-state index contributed by atoms with van der Waals surface area (Å²) < 4.78 is 1.42. The van der Waals surface area contributed by atoms with Crippen molar-refractivity contribution in [1.29, 1.82) is 0 Å². The van der Waals surface area contributed by atoms with Crippen LogP contribution < -0.4 is 10.9 Å². The van der Waals surface area contributed by atoms with E-state index in [2.05, 4.69) is 10.4 Å². The van der Waals surface area contributed by atoms with Crippen molar-refractivity contribution in [3.05, 3.63) is 51.4 Å². The number of benzene rings is 1. The molecule has 0 saturated heterocycles. The minimum absolute atomic E-state index is 0.0560. The smallest absolute Gasteiger partial charge is 0.309 e. The van der Waals surface area contributed by atoms with E-state index < -0.39 is 23.0 Å². The first-order chi connectivity index (χ1) is 13.9. The van der Waals surface area contributed by atoms with Crippen molar-refractivity contribution in [3.63, 3.8) is 0 Å². The van der Waals surface area contributed by atoms with E-state index in [9.17, 15) is 14.7 Å². The third-order valence-corrected chi connectivity index (χ3v) is 7.58. The van der Waals surface area contributed by atoms with Gasteiger partial charge in [0.25, 0.3) is 5.56 Å². The van der Waals surface area contributed by atoms with Crippen LogP contribution in [0, 0.1) is 30.6 Å². The molecule has 4 aliphatic carbocycles. The summed E-state index contributed by atoms with van der Waals surface area (Å²) in [6.07, 6.45) is 5.99. The molecule has 29 heavy (non-hydrogen) atoms. The van der Waals surface area contributed by atoms with Gasteiger partial charge in [-0.2, -0.15) is 5.10 Å². The molecular weight excluding hydrogens is 390 g/mol. The van der Waals surface area contributed by atoms with E-state index in [0.29, 0.717) is 30.4 Å².